The van der Waals surface area contributed by atoms with Gasteiger partial charge in [-0.2, -0.15) is 0 Å². The highest BCUT2D eigenvalue weighted by molar-refractivity contribution is 6.14. The lowest BCUT2D eigenvalue weighted by atomic mass is 10.1. The number of methoxy groups -OCH3 is 1. The van der Waals surface area contributed by atoms with Crippen LogP contribution >= 0.6 is 0 Å². The third-order valence-corrected chi connectivity index (χ3v) is 4.50. The first kappa shape index (κ1) is 17.7. The first-order valence-electron chi connectivity index (χ1n) is 8.86. The van der Waals surface area contributed by atoms with E-state index in [1.54, 1.807) is 38.4 Å². The van der Waals surface area contributed by atoms with Crippen molar-refractivity contribution in [1.29, 1.82) is 0 Å². The number of nitrogens with one attached hydrogen (secondary N) is 3. The number of hydrogen-bond donors (Lipinski definition) is 3. The van der Waals surface area contributed by atoms with E-state index in [2.05, 4.69) is 15.3 Å². The minimum atomic E-state index is -0.397. The molecular weight excluding hydrogens is 358 g/mol. The van der Waals surface area contributed by atoms with Gasteiger partial charge in [-0.1, -0.05) is 6.07 Å². The Balaban J connectivity index is 1.89. The highest BCUT2D eigenvalue weighted by atomic mass is 16.5. The van der Waals surface area contributed by atoms with Crippen LogP contribution in [0.5, 0.6) is 5.75 Å². The Morgan fingerprint density at radius 2 is 2.04 bits per heavy atom. The maximum Gasteiger partial charge on any atom is 0.338 e. The second kappa shape index (κ2) is 7.11. The van der Waals surface area contributed by atoms with Gasteiger partial charge in [0.15, 0.2) is 0 Å². The van der Waals surface area contributed by atoms with E-state index in [1.165, 1.54) is 0 Å². The number of aromatic amines is 2. The molecule has 7 nitrogen and oxygen atoms in total. The van der Waals surface area contributed by atoms with Crippen molar-refractivity contribution >= 4 is 39.1 Å². The summed E-state index contributed by atoms with van der Waals surface area (Å²) < 4.78 is 10.4. The van der Waals surface area contributed by atoms with Crippen molar-refractivity contribution in [3.8, 4) is 5.75 Å². The zero-order chi connectivity index (χ0) is 19.7. The van der Waals surface area contributed by atoms with E-state index in [-0.39, 0.29) is 5.56 Å². The molecule has 0 unspecified atom stereocenters. The maximum absolute atomic E-state index is 12.3. The van der Waals surface area contributed by atoms with Crippen LogP contribution in [0.3, 0.4) is 0 Å². The third-order valence-electron chi connectivity index (χ3n) is 4.50. The molecule has 3 N–H and O–H groups in total. The van der Waals surface area contributed by atoms with E-state index >= 15 is 0 Å². The van der Waals surface area contributed by atoms with Gasteiger partial charge in [-0.25, -0.2) is 4.79 Å². The molecule has 0 saturated carbocycles. The van der Waals surface area contributed by atoms with Gasteiger partial charge in [0.2, 0.25) is 0 Å². The van der Waals surface area contributed by atoms with Crippen molar-refractivity contribution < 1.29 is 14.3 Å². The highest BCUT2D eigenvalue weighted by Crippen LogP contribution is 2.32. The number of carbonyl (C=O) groups is 1. The number of pyridine rings is 1. The molecule has 2 aromatic heterocycles. The number of benzene rings is 2. The number of ether oxygens (including phenoxy) is 2. The van der Waals surface area contributed by atoms with Gasteiger partial charge >= 0.3 is 5.97 Å². The number of carbonyl (C=O) groups excluding carboxylic acids is 1. The van der Waals surface area contributed by atoms with Crippen molar-refractivity contribution in [2.45, 2.75) is 6.92 Å². The van der Waals surface area contributed by atoms with Crippen LogP contribution in [0.4, 0.5) is 11.4 Å². The van der Waals surface area contributed by atoms with Crippen LogP contribution in [0.1, 0.15) is 17.3 Å². The number of H-pyrrole nitrogens is 2. The normalized spacial score (nSPS) is 10.9. The summed E-state index contributed by atoms with van der Waals surface area (Å²) in [6, 6.07) is 12.7. The van der Waals surface area contributed by atoms with Gasteiger partial charge in [0.25, 0.3) is 5.56 Å². The zero-order valence-electron chi connectivity index (χ0n) is 15.5. The summed E-state index contributed by atoms with van der Waals surface area (Å²) in [5.74, 6) is 0.320. The number of aromatic nitrogens is 2. The average Bonchev–Trinajstić information content (AvgIpc) is 3.10. The van der Waals surface area contributed by atoms with Gasteiger partial charge in [-0.05, 0) is 37.3 Å². The topological polar surface area (TPSA) is 96.2 Å². The first-order valence-corrected chi connectivity index (χ1v) is 8.86. The Labute approximate surface area is 160 Å². The SMILES string of the molecule is CCOC(=O)c1ccc2[nH]c3c(=O)[nH]cc(Nc4cccc(OC)c4)c3c2c1. The van der Waals surface area contributed by atoms with Crippen LogP contribution in [-0.2, 0) is 4.74 Å². The molecule has 28 heavy (non-hydrogen) atoms. The lowest BCUT2D eigenvalue weighted by molar-refractivity contribution is 0.0526. The fourth-order valence-corrected chi connectivity index (χ4v) is 3.22. The Morgan fingerprint density at radius 1 is 1.18 bits per heavy atom. The summed E-state index contributed by atoms with van der Waals surface area (Å²) in [7, 11) is 1.61. The molecule has 0 aliphatic carbocycles. The van der Waals surface area contributed by atoms with Crippen LogP contribution in [0, 0.1) is 0 Å². The molecule has 0 saturated heterocycles. The van der Waals surface area contributed by atoms with Crippen LogP contribution in [0.2, 0.25) is 0 Å². The highest BCUT2D eigenvalue weighted by Gasteiger charge is 2.15. The molecule has 142 valence electrons. The van der Waals surface area contributed by atoms with Crippen molar-refractivity contribution in [1.82, 2.24) is 9.97 Å². The molecule has 0 aliphatic rings. The van der Waals surface area contributed by atoms with Gasteiger partial charge in [-0.15, -0.1) is 0 Å². The molecular formula is C21H19N3O4. The summed E-state index contributed by atoms with van der Waals surface area (Å²) in [5.41, 5.74) is 2.90. The third kappa shape index (κ3) is 3.07. The molecule has 4 aromatic rings. The quantitative estimate of drug-likeness (QED) is 0.458. The number of hydrogen-bond acceptors (Lipinski definition) is 5. The van der Waals surface area contributed by atoms with Crippen LogP contribution in [0.15, 0.2) is 53.5 Å². The van der Waals surface area contributed by atoms with E-state index in [0.717, 1.165) is 16.6 Å². The lowest BCUT2D eigenvalue weighted by Crippen LogP contribution is -2.06. The average molecular weight is 377 g/mol. The zero-order valence-corrected chi connectivity index (χ0v) is 15.5. The minimum Gasteiger partial charge on any atom is -0.497 e. The van der Waals surface area contributed by atoms with Crippen LogP contribution in [-0.4, -0.2) is 29.7 Å². The number of anilines is 2. The summed E-state index contributed by atoms with van der Waals surface area (Å²) in [6.45, 7) is 2.06. The first-order chi connectivity index (χ1) is 13.6. The van der Waals surface area contributed by atoms with E-state index in [0.29, 0.717) is 34.5 Å². The van der Waals surface area contributed by atoms with Crippen molar-refractivity contribution in [3.05, 3.63) is 64.6 Å². The summed E-state index contributed by atoms with van der Waals surface area (Å²) in [5, 5.41) is 4.78. The Morgan fingerprint density at radius 3 is 2.82 bits per heavy atom. The van der Waals surface area contributed by atoms with Gasteiger partial charge in [0.1, 0.15) is 11.3 Å². The van der Waals surface area contributed by atoms with E-state index in [4.69, 9.17) is 9.47 Å². The predicted molar refractivity (Wildman–Crippen MR) is 109 cm³/mol. The van der Waals surface area contributed by atoms with Gasteiger partial charge in [0.05, 0.1) is 25.0 Å². The van der Waals surface area contributed by atoms with Crippen LogP contribution in [0.25, 0.3) is 21.8 Å². The molecule has 4 rings (SSSR count). The molecule has 2 aromatic carbocycles. The second-order valence-electron chi connectivity index (χ2n) is 6.24. The minimum absolute atomic E-state index is 0.236. The second-order valence-corrected chi connectivity index (χ2v) is 6.24. The van der Waals surface area contributed by atoms with Crippen molar-refractivity contribution in [3.63, 3.8) is 0 Å². The van der Waals surface area contributed by atoms with Crippen LogP contribution < -0.4 is 15.6 Å². The molecule has 7 heteroatoms. The van der Waals surface area contributed by atoms with Gasteiger partial charge in [-0.3, -0.25) is 4.79 Å². The molecule has 2 heterocycles. The standard InChI is InChI=1S/C21H19N3O4/c1-3-28-21(26)12-7-8-16-15(9-12)18-17(11-22-20(25)19(18)24-16)23-13-5-4-6-14(10-13)27-2/h4-11,23-24H,3H2,1-2H3,(H,22,25). The van der Waals surface area contributed by atoms with E-state index in [9.17, 15) is 9.59 Å². The Bertz CT molecular complexity index is 1240. The predicted octanol–water partition coefficient (Wildman–Crippen LogP) is 3.94. The molecule has 0 bridgehead atoms. The molecule has 0 spiro atoms. The molecule has 0 fully saturated rings. The lowest BCUT2D eigenvalue weighted by Gasteiger charge is -2.09. The monoisotopic (exact) mass is 377 g/mol. The maximum atomic E-state index is 12.3. The van der Waals surface area contributed by atoms with Gasteiger partial charge in [0, 0.05) is 34.2 Å². The van der Waals surface area contributed by atoms with E-state index in [1.807, 2.05) is 24.3 Å². The summed E-state index contributed by atoms with van der Waals surface area (Å²) in [6.07, 6.45) is 1.62. The fraction of sp³-hybridized carbons (Fsp3) is 0.143. The molecule has 0 aliphatic heterocycles. The van der Waals surface area contributed by atoms with E-state index < -0.39 is 5.97 Å². The Kier molecular flexibility index (Phi) is 4.49. The van der Waals surface area contributed by atoms with Gasteiger partial charge < -0.3 is 24.8 Å². The summed E-state index contributed by atoms with van der Waals surface area (Å²) >= 11 is 0. The Hall–Kier alpha value is -3.74. The molecule has 0 radical (unpaired) electrons. The number of fused-ring (bicyclic) bond motifs is 3. The summed E-state index contributed by atoms with van der Waals surface area (Å²) in [4.78, 5) is 30.3. The smallest absolute Gasteiger partial charge is 0.338 e. The fourth-order valence-electron chi connectivity index (χ4n) is 3.22. The number of esters is 1. The van der Waals surface area contributed by atoms with Crippen molar-refractivity contribution in [2.75, 3.05) is 19.0 Å². The number of rotatable bonds is 5. The van der Waals surface area contributed by atoms with Crippen molar-refractivity contribution in [2.24, 2.45) is 0 Å². The largest absolute Gasteiger partial charge is 0.497 e. The molecule has 0 amide bonds. The molecule has 0 atom stereocenters.